The largest absolute Gasteiger partial charge is 0.493 e. The summed E-state index contributed by atoms with van der Waals surface area (Å²) in [6, 6.07) is 7.51. The van der Waals surface area contributed by atoms with Crippen LogP contribution in [0.25, 0.3) is 0 Å². The van der Waals surface area contributed by atoms with Crippen LogP contribution < -0.4 is 4.74 Å². The van der Waals surface area contributed by atoms with E-state index in [-0.39, 0.29) is 0 Å². The Morgan fingerprint density at radius 3 is 2.73 bits per heavy atom. The smallest absolute Gasteiger partial charge is 0.123 e. The monoisotopic (exact) mass is 321 g/mol. The third kappa shape index (κ3) is 4.49. The van der Waals surface area contributed by atoms with Gasteiger partial charge in [-0.25, -0.2) is 4.98 Å². The second-order valence-electron chi connectivity index (χ2n) is 5.66. The molecule has 4 nitrogen and oxygen atoms in total. The Bertz CT molecular complexity index is 624. The van der Waals surface area contributed by atoms with Gasteiger partial charge in [-0.05, 0) is 45.5 Å². The van der Waals surface area contributed by atoms with Crippen molar-refractivity contribution in [1.82, 2.24) is 14.5 Å². The quantitative estimate of drug-likeness (QED) is 0.730. The molecular weight excluding hydrogens is 298 g/mol. The van der Waals surface area contributed by atoms with Crippen molar-refractivity contribution in [2.24, 2.45) is 7.05 Å². The molecule has 0 spiro atoms. The minimum Gasteiger partial charge on any atom is -0.493 e. The van der Waals surface area contributed by atoms with Crippen LogP contribution in [0.5, 0.6) is 5.75 Å². The van der Waals surface area contributed by atoms with Gasteiger partial charge in [0.2, 0.25) is 0 Å². The van der Waals surface area contributed by atoms with E-state index in [1.54, 1.807) is 0 Å². The molecule has 0 aliphatic carbocycles. The lowest BCUT2D eigenvalue weighted by Crippen LogP contribution is -2.22. The highest BCUT2D eigenvalue weighted by Gasteiger charge is 2.09. The topological polar surface area (TPSA) is 30.3 Å². The zero-order chi connectivity index (χ0) is 16.1. The van der Waals surface area contributed by atoms with Crippen molar-refractivity contribution in [1.29, 1.82) is 0 Å². The lowest BCUT2D eigenvalue weighted by Gasteiger charge is -2.16. The van der Waals surface area contributed by atoms with Gasteiger partial charge in [0.15, 0.2) is 0 Å². The predicted molar refractivity (Wildman–Crippen MR) is 90.6 cm³/mol. The summed E-state index contributed by atoms with van der Waals surface area (Å²) in [5.41, 5.74) is 2.34. The van der Waals surface area contributed by atoms with Gasteiger partial charge < -0.3 is 9.30 Å². The normalized spacial score (nSPS) is 11.2. The molecule has 0 amide bonds. The first-order valence-corrected chi connectivity index (χ1v) is 7.91. The molecular formula is C17H24ClN3O. The van der Waals surface area contributed by atoms with E-state index >= 15 is 0 Å². The molecule has 120 valence electrons. The van der Waals surface area contributed by atoms with Crippen LogP contribution in [-0.4, -0.2) is 34.7 Å². The van der Waals surface area contributed by atoms with E-state index in [9.17, 15) is 0 Å². The third-order valence-corrected chi connectivity index (χ3v) is 4.11. The fourth-order valence-corrected chi connectivity index (χ4v) is 2.51. The van der Waals surface area contributed by atoms with Crippen molar-refractivity contribution in [2.75, 3.05) is 20.2 Å². The highest BCUT2D eigenvalue weighted by Crippen LogP contribution is 2.17. The van der Waals surface area contributed by atoms with Crippen LogP contribution in [-0.2, 0) is 13.6 Å². The van der Waals surface area contributed by atoms with Crippen LogP contribution in [0.15, 0.2) is 24.3 Å². The SMILES string of the molecule is Cc1nc(CN(C)CCCOc2cccc(Cl)c2)n(C)c1C. The van der Waals surface area contributed by atoms with Crippen LogP contribution in [0, 0.1) is 13.8 Å². The molecule has 0 atom stereocenters. The van der Waals surface area contributed by atoms with E-state index in [1.807, 2.05) is 24.3 Å². The van der Waals surface area contributed by atoms with E-state index in [4.69, 9.17) is 16.3 Å². The number of rotatable bonds is 7. The summed E-state index contributed by atoms with van der Waals surface area (Å²) in [4.78, 5) is 6.88. The minimum atomic E-state index is 0.684. The Morgan fingerprint density at radius 1 is 1.32 bits per heavy atom. The second kappa shape index (κ2) is 7.65. The summed E-state index contributed by atoms with van der Waals surface area (Å²) < 4.78 is 7.86. The van der Waals surface area contributed by atoms with Crippen LogP contribution in [0.4, 0.5) is 0 Å². The molecule has 0 bridgehead atoms. The maximum atomic E-state index is 5.93. The average Bonchev–Trinajstić information content (AvgIpc) is 2.71. The molecule has 0 unspecified atom stereocenters. The van der Waals surface area contributed by atoms with Crippen LogP contribution in [0.3, 0.4) is 0 Å². The van der Waals surface area contributed by atoms with E-state index in [1.165, 1.54) is 5.69 Å². The van der Waals surface area contributed by atoms with Gasteiger partial charge in [0, 0.05) is 24.3 Å². The molecule has 1 aromatic carbocycles. The first kappa shape index (κ1) is 16.8. The molecule has 1 aromatic heterocycles. The first-order chi connectivity index (χ1) is 10.5. The molecule has 0 aliphatic heterocycles. The maximum Gasteiger partial charge on any atom is 0.123 e. The highest BCUT2D eigenvalue weighted by molar-refractivity contribution is 6.30. The Balaban J connectivity index is 1.74. The second-order valence-corrected chi connectivity index (χ2v) is 6.09. The summed E-state index contributed by atoms with van der Waals surface area (Å²) in [6.07, 6.45) is 0.964. The Kier molecular flexibility index (Phi) is 5.86. The van der Waals surface area contributed by atoms with Gasteiger partial charge in [-0.15, -0.1) is 0 Å². The zero-order valence-electron chi connectivity index (χ0n) is 13.8. The lowest BCUT2D eigenvalue weighted by molar-refractivity contribution is 0.254. The van der Waals surface area contributed by atoms with Gasteiger partial charge in [-0.2, -0.15) is 0 Å². The predicted octanol–water partition coefficient (Wildman–Crippen LogP) is 3.59. The fraction of sp³-hybridized carbons (Fsp3) is 0.471. The third-order valence-electron chi connectivity index (χ3n) is 3.87. The first-order valence-electron chi connectivity index (χ1n) is 7.53. The number of hydrogen-bond acceptors (Lipinski definition) is 3. The van der Waals surface area contributed by atoms with Gasteiger partial charge in [0.1, 0.15) is 11.6 Å². The molecule has 0 aliphatic rings. The van der Waals surface area contributed by atoms with Gasteiger partial charge in [0.05, 0.1) is 18.8 Å². The van der Waals surface area contributed by atoms with Crippen molar-refractivity contribution >= 4 is 11.6 Å². The van der Waals surface area contributed by atoms with E-state index in [0.717, 1.165) is 36.8 Å². The van der Waals surface area contributed by atoms with E-state index in [0.29, 0.717) is 11.6 Å². The molecule has 1 heterocycles. The van der Waals surface area contributed by atoms with Crippen molar-refractivity contribution in [3.8, 4) is 5.75 Å². The number of benzene rings is 1. The van der Waals surface area contributed by atoms with Crippen molar-refractivity contribution in [3.05, 3.63) is 46.5 Å². The van der Waals surface area contributed by atoms with Gasteiger partial charge in [-0.3, -0.25) is 4.90 Å². The number of imidazole rings is 1. The van der Waals surface area contributed by atoms with Gasteiger partial charge in [-0.1, -0.05) is 17.7 Å². The highest BCUT2D eigenvalue weighted by atomic mass is 35.5. The molecule has 5 heteroatoms. The number of halogens is 1. The molecule has 0 saturated heterocycles. The Labute approximate surface area is 137 Å². The maximum absolute atomic E-state index is 5.93. The van der Waals surface area contributed by atoms with Gasteiger partial charge >= 0.3 is 0 Å². The molecule has 2 aromatic rings. The summed E-state index contributed by atoms with van der Waals surface area (Å²) in [5, 5.41) is 0.704. The molecule has 0 fully saturated rings. The summed E-state index contributed by atoms with van der Waals surface area (Å²) in [7, 11) is 4.18. The molecule has 2 rings (SSSR count). The fourth-order valence-electron chi connectivity index (χ4n) is 2.33. The summed E-state index contributed by atoms with van der Waals surface area (Å²) >= 11 is 5.93. The van der Waals surface area contributed by atoms with Crippen LogP contribution >= 0.6 is 11.6 Å². The Morgan fingerprint density at radius 2 is 2.09 bits per heavy atom. The standard InChI is InChI=1S/C17H24ClN3O/c1-13-14(2)21(4)17(19-13)12-20(3)9-6-10-22-16-8-5-7-15(18)11-16/h5,7-8,11H,6,9-10,12H2,1-4H3. The Hall–Kier alpha value is -1.52. The lowest BCUT2D eigenvalue weighted by atomic mass is 10.3. The van der Waals surface area contributed by atoms with E-state index < -0.39 is 0 Å². The summed E-state index contributed by atoms with van der Waals surface area (Å²) in [6.45, 7) is 6.65. The van der Waals surface area contributed by atoms with Crippen LogP contribution in [0.1, 0.15) is 23.6 Å². The number of hydrogen-bond donors (Lipinski definition) is 0. The molecule has 0 N–H and O–H groups in total. The number of ether oxygens (including phenoxy) is 1. The molecule has 22 heavy (non-hydrogen) atoms. The average molecular weight is 322 g/mol. The van der Waals surface area contributed by atoms with Crippen molar-refractivity contribution in [3.63, 3.8) is 0 Å². The van der Waals surface area contributed by atoms with E-state index in [2.05, 4.69) is 42.4 Å². The number of aryl methyl sites for hydroxylation is 1. The summed E-state index contributed by atoms with van der Waals surface area (Å²) in [5.74, 6) is 1.93. The van der Waals surface area contributed by atoms with Gasteiger partial charge in [0.25, 0.3) is 0 Å². The minimum absolute atomic E-state index is 0.684. The number of aromatic nitrogens is 2. The van der Waals surface area contributed by atoms with Crippen molar-refractivity contribution in [2.45, 2.75) is 26.8 Å². The van der Waals surface area contributed by atoms with Crippen LogP contribution in [0.2, 0.25) is 5.02 Å². The number of nitrogens with zero attached hydrogens (tertiary/aromatic N) is 3. The molecule has 0 radical (unpaired) electrons. The zero-order valence-corrected chi connectivity index (χ0v) is 14.5. The molecule has 0 saturated carbocycles. The van der Waals surface area contributed by atoms with Crippen molar-refractivity contribution < 1.29 is 4.74 Å².